The van der Waals surface area contributed by atoms with Gasteiger partial charge in [-0.2, -0.15) is 0 Å². The van der Waals surface area contributed by atoms with Crippen molar-refractivity contribution in [3.63, 3.8) is 0 Å². The molecule has 1 N–H and O–H groups in total. The Morgan fingerprint density at radius 3 is 2.23 bits per heavy atom. The first-order chi connectivity index (χ1) is 19.0. The zero-order valence-corrected chi connectivity index (χ0v) is 24.7. The average Bonchev–Trinajstić information content (AvgIpc) is 2.92. The Bertz CT molecular complexity index is 1410. The van der Waals surface area contributed by atoms with Gasteiger partial charge in [0.1, 0.15) is 12.6 Å². The summed E-state index contributed by atoms with van der Waals surface area (Å²) in [5.74, 6) is -3.44. The number of halogens is 3. The topological polar surface area (TPSA) is 86.8 Å². The lowest BCUT2D eigenvalue weighted by atomic mass is 10.0. The van der Waals surface area contributed by atoms with E-state index in [1.807, 2.05) is 37.3 Å². The standard InChI is InChI=1S/C29H32BrF2N3O4S/c1-3-4-16-33-29(37)27(17-21-8-6-5-7-9-21)34(19-22-10-12-23(30)13-11-22)28(36)20-35(40(2,38)39)24-14-15-25(31)26(32)18-24/h5-15,18,27H,3-4,16-17,19-20H2,1-2H3,(H,33,37)/t27-/m0/s1. The zero-order valence-electron chi connectivity index (χ0n) is 22.3. The highest BCUT2D eigenvalue weighted by Crippen LogP contribution is 2.23. The third-order valence-electron chi connectivity index (χ3n) is 6.24. The largest absolute Gasteiger partial charge is 0.354 e. The van der Waals surface area contributed by atoms with Gasteiger partial charge in [-0.15, -0.1) is 0 Å². The maximum atomic E-state index is 14.0. The lowest BCUT2D eigenvalue weighted by Gasteiger charge is -2.33. The second-order valence-electron chi connectivity index (χ2n) is 9.37. The van der Waals surface area contributed by atoms with Gasteiger partial charge in [0, 0.05) is 30.0 Å². The Balaban J connectivity index is 2.03. The SMILES string of the molecule is CCCCNC(=O)[C@H](Cc1ccccc1)N(Cc1ccc(Br)cc1)C(=O)CN(c1ccc(F)c(F)c1)S(C)(=O)=O. The van der Waals surface area contributed by atoms with Crippen LogP contribution in [0.5, 0.6) is 0 Å². The molecule has 0 aliphatic carbocycles. The molecule has 0 aliphatic heterocycles. The highest BCUT2D eigenvalue weighted by atomic mass is 79.9. The predicted molar refractivity (Wildman–Crippen MR) is 155 cm³/mol. The predicted octanol–water partition coefficient (Wildman–Crippen LogP) is 5.05. The van der Waals surface area contributed by atoms with Gasteiger partial charge in [-0.25, -0.2) is 17.2 Å². The molecule has 0 aliphatic rings. The Hall–Kier alpha value is -3.31. The number of carbonyl (C=O) groups excluding carboxylic acids is 2. The molecule has 40 heavy (non-hydrogen) atoms. The fourth-order valence-electron chi connectivity index (χ4n) is 4.10. The van der Waals surface area contributed by atoms with E-state index in [0.29, 0.717) is 10.8 Å². The number of nitrogens with zero attached hydrogens (tertiary/aromatic N) is 2. The van der Waals surface area contributed by atoms with Gasteiger partial charge in [-0.05, 0) is 41.8 Å². The van der Waals surface area contributed by atoms with E-state index in [1.54, 1.807) is 24.3 Å². The molecule has 0 saturated carbocycles. The van der Waals surface area contributed by atoms with Crippen molar-refractivity contribution in [2.45, 2.75) is 38.8 Å². The normalized spacial score (nSPS) is 12.0. The molecule has 7 nitrogen and oxygen atoms in total. The van der Waals surface area contributed by atoms with E-state index < -0.39 is 40.2 Å². The van der Waals surface area contributed by atoms with Crippen LogP contribution >= 0.6 is 15.9 Å². The molecule has 3 aromatic carbocycles. The summed E-state index contributed by atoms with van der Waals surface area (Å²) in [4.78, 5) is 28.8. The van der Waals surface area contributed by atoms with Crippen LogP contribution in [-0.4, -0.2) is 50.5 Å². The van der Waals surface area contributed by atoms with E-state index in [1.165, 1.54) is 4.90 Å². The first kappa shape index (κ1) is 31.2. The number of benzene rings is 3. The average molecular weight is 637 g/mol. The number of unbranched alkanes of at least 4 members (excludes halogenated alkanes) is 1. The first-order valence-corrected chi connectivity index (χ1v) is 15.4. The number of rotatable bonds is 13. The van der Waals surface area contributed by atoms with E-state index in [9.17, 15) is 26.8 Å². The van der Waals surface area contributed by atoms with Crippen LogP contribution in [0.1, 0.15) is 30.9 Å². The number of sulfonamides is 1. The van der Waals surface area contributed by atoms with Crippen LogP contribution in [0.3, 0.4) is 0 Å². The van der Waals surface area contributed by atoms with Crippen molar-refractivity contribution in [3.8, 4) is 0 Å². The number of hydrogen-bond acceptors (Lipinski definition) is 4. The van der Waals surface area contributed by atoms with Crippen molar-refractivity contribution in [2.75, 3.05) is 23.7 Å². The molecule has 11 heteroatoms. The second-order valence-corrected chi connectivity index (χ2v) is 12.2. The summed E-state index contributed by atoms with van der Waals surface area (Å²) in [5.41, 5.74) is 1.33. The highest BCUT2D eigenvalue weighted by Gasteiger charge is 2.33. The molecule has 214 valence electrons. The maximum Gasteiger partial charge on any atom is 0.244 e. The maximum absolute atomic E-state index is 14.0. The molecule has 0 heterocycles. The summed E-state index contributed by atoms with van der Waals surface area (Å²) in [6.45, 7) is 1.72. The monoisotopic (exact) mass is 635 g/mol. The molecule has 2 amide bonds. The Morgan fingerprint density at radius 1 is 0.950 bits per heavy atom. The van der Waals surface area contributed by atoms with Gasteiger partial charge in [0.05, 0.1) is 11.9 Å². The molecule has 3 rings (SSSR count). The summed E-state index contributed by atoms with van der Waals surface area (Å²) in [5, 5.41) is 2.90. The molecule has 0 aromatic heterocycles. The third-order valence-corrected chi connectivity index (χ3v) is 7.91. The summed E-state index contributed by atoms with van der Waals surface area (Å²) in [6.07, 6.45) is 2.68. The van der Waals surface area contributed by atoms with Crippen LogP contribution in [0.15, 0.2) is 77.3 Å². The van der Waals surface area contributed by atoms with Gasteiger partial charge in [-0.3, -0.25) is 13.9 Å². The van der Waals surface area contributed by atoms with E-state index in [-0.39, 0.29) is 24.6 Å². The van der Waals surface area contributed by atoms with E-state index >= 15 is 0 Å². The van der Waals surface area contributed by atoms with Gasteiger partial charge in [0.2, 0.25) is 21.8 Å². The summed E-state index contributed by atoms with van der Waals surface area (Å²) >= 11 is 3.39. The van der Waals surface area contributed by atoms with Gasteiger partial charge in [-0.1, -0.05) is 71.7 Å². The number of carbonyl (C=O) groups is 2. The molecule has 0 bridgehead atoms. The van der Waals surface area contributed by atoms with E-state index in [2.05, 4.69) is 21.2 Å². The lowest BCUT2D eigenvalue weighted by Crippen LogP contribution is -2.53. The Morgan fingerprint density at radius 2 is 1.62 bits per heavy atom. The number of nitrogens with one attached hydrogen (secondary N) is 1. The quantitative estimate of drug-likeness (QED) is 0.266. The van der Waals surface area contributed by atoms with Crippen LogP contribution in [-0.2, 0) is 32.6 Å². The van der Waals surface area contributed by atoms with Gasteiger partial charge < -0.3 is 10.2 Å². The third kappa shape index (κ3) is 8.85. The van der Waals surface area contributed by atoms with Gasteiger partial charge in [0.25, 0.3) is 0 Å². The van der Waals surface area contributed by atoms with Gasteiger partial charge in [0.15, 0.2) is 11.6 Å². The van der Waals surface area contributed by atoms with Crippen LogP contribution in [0.25, 0.3) is 0 Å². The Kier molecular flexibility index (Phi) is 11.2. The zero-order chi connectivity index (χ0) is 29.3. The summed E-state index contributed by atoms with van der Waals surface area (Å²) in [6, 6.07) is 18.0. The molecule has 0 radical (unpaired) electrons. The summed E-state index contributed by atoms with van der Waals surface area (Å²) < 4.78 is 54.6. The highest BCUT2D eigenvalue weighted by molar-refractivity contribution is 9.10. The number of hydrogen-bond donors (Lipinski definition) is 1. The van der Waals surface area contributed by atoms with Crippen LogP contribution in [0, 0.1) is 11.6 Å². The molecule has 1 atom stereocenters. The van der Waals surface area contributed by atoms with Gasteiger partial charge >= 0.3 is 0 Å². The number of anilines is 1. The molecular formula is C29H32BrF2N3O4S. The second kappa shape index (κ2) is 14.4. The smallest absolute Gasteiger partial charge is 0.244 e. The van der Waals surface area contributed by atoms with Crippen molar-refractivity contribution >= 4 is 43.5 Å². The molecule has 0 unspecified atom stereocenters. The van der Waals surface area contributed by atoms with Crippen molar-refractivity contribution < 1.29 is 26.8 Å². The molecule has 3 aromatic rings. The fourth-order valence-corrected chi connectivity index (χ4v) is 5.21. The minimum absolute atomic E-state index is 0.0141. The molecular weight excluding hydrogens is 604 g/mol. The first-order valence-electron chi connectivity index (χ1n) is 12.8. The van der Waals surface area contributed by atoms with Crippen molar-refractivity contribution in [1.29, 1.82) is 0 Å². The molecule has 0 saturated heterocycles. The molecule has 0 fully saturated rings. The Labute approximate surface area is 242 Å². The fraction of sp³-hybridized carbons (Fsp3) is 0.310. The number of amides is 2. The van der Waals surface area contributed by atoms with E-state index in [0.717, 1.165) is 52.9 Å². The van der Waals surface area contributed by atoms with Crippen molar-refractivity contribution in [1.82, 2.24) is 10.2 Å². The minimum atomic E-state index is -4.09. The van der Waals surface area contributed by atoms with E-state index in [4.69, 9.17) is 0 Å². The summed E-state index contributed by atoms with van der Waals surface area (Å²) in [7, 11) is -4.09. The minimum Gasteiger partial charge on any atom is -0.354 e. The van der Waals surface area contributed by atoms with Crippen LogP contribution < -0.4 is 9.62 Å². The lowest BCUT2D eigenvalue weighted by molar-refractivity contribution is -0.140. The van der Waals surface area contributed by atoms with Crippen LogP contribution in [0.2, 0.25) is 0 Å². The molecule has 0 spiro atoms. The van der Waals surface area contributed by atoms with Crippen LogP contribution in [0.4, 0.5) is 14.5 Å². The van der Waals surface area contributed by atoms with Crippen molar-refractivity contribution in [2.24, 2.45) is 0 Å². The van der Waals surface area contributed by atoms with Crippen molar-refractivity contribution in [3.05, 3.63) is 100 Å².